The molecule has 5 heteroatoms. The maximum Gasteiger partial charge on any atom is 0.175 e. The number of ether oxygens (including phenoxy) is 3. The molecule has 1 aromatic rings. The summed E-state index contributed by atoms with van der Waals surface area (Å²) in [7, 11) is 3.30. The molecule has 1 aliphatic heterocycles. The maximum absolute atomic E-state index is 5.46. The first-order valence-corrected chi connectivity index (χ1v) is 7.17. The predicted octanol–water partition coefficient (Wildman–Crippen LogP) is 2.69. The van der Waals surface area contributed by atoms with Gasteiger partial charge in [0.15, 0.2) is 11.5 Å². The molecule has 1 atom stereocenters. The molecule has 1 saturated heterocycles. The molecule has 0 unspecified atom stereocenters. The molecule has 1 aliphatic rings. The molecule has 0 N–H and O–H groups in total. The Bertz CT molecular complexity index is 439. The van der Waals surface area contributed by atoms with E-state index < -0.39 is 0 Å². The summed E-state index contributed by atoms with van der Waals surface area (Å²) in [5.74, 6) is 1.49. The Labute approximate surface area is 122 Å². The van der Waals surface area contributed by atoms with Crippen LogP contribution in [-0.2, 0) is 11.3 Å². The van der Waals surface area contributed by atoms with Crippen molar-refractivity contribution in [2.45, 2.75) is 19.5 Å². The van der Waals surface area contributed by atoms with Gasteiger partial charge in [-0.25, -0.2) is 0 Å². The first-order chi connectivity index (χ1) is 9.17. The van der Waals surface area contributed by atoms with E-state index in [1.807, 2.05) is 6.07 Å². The van der Waals surface area contributed by atoms with Crippen LogP contribution < -0.4 is 9.47 Å². The van der Waals surface area contributed by atoms with Crippen LogP contribution in [0.4, 0.5) is 0 Å². The normalized spacial score (nSPS) is 20.3. The highest BCUT2D eigenvalue weighted by atomic mass is 79.9. The third-order valence-electron chi connectivity index (χ3n) is 3.44. The van der Waals surface area contributed by atoms with E-state index in [1.54, 1.807) is 14.2 Å². The number of morpholine rings is 1. The fourth-order valence-electron chi connectivity index (χ4n) is 2.27. The topological polar surface area (TPSA) is 30.9 Å². The first-order valence-electron chi connectivity index (χ1n) is 6.38. The molecule has 0 saturated carbocycles. The molecule has 1 aromatic carbocycles. The largest absolute Gasteiger partial charge is 0.493 e. The summed E-state index contributed by atoms with van der Waals surface area (Å²) >= 11 is 3.62. The van der Waals surface area contributed by atoms with Crippen LogP contribution >= 0.6 is 15.9 Å². The third-order valence-corrected chi connectivity index (χ3v) is 4.31. The van der Waals surface area contributed by atoms with Gasteiger partial charge >= 0.3 is 0 Å². The summed E-state index contributed by atoms with van der Waals surface area (Å²) in [6.45, 7) is 5.63. The van der Waals surface area contributed by atoms with Crippen molar-refractivity contribution in [1.29, 1.82) is 0 Å². The van der Waals surface area contributed by atoms with Crippen LogP contribution in [0.15, 0.2) is 16.6 Å². The molecule has 4 nitrogen and oxygen atoms in total. The van der Waals surface area contributed by atoms with Gasteiger partial charge in [0.25, 0.3) is 0 Å². The van der Waals surface area contributed by atoms with Crippen LogP contribution in [0.5, 0.6) is 11.5 Å². The van der Waals surface area contributed by atoms with Gasteiger partial charge in [0.05, 0.1) is 31.9 Å². The van der Waals surface area contributed by atoms with Crippen LogP contribution in [0.25, 0.3) is 0 Å². The van der Waals surface area contributed by atoms with Crippen LogP contribution in [0.2, 0.25) is 0 Å². The fraction of sp³-hybridized carbons (Fsp3) is 0.571. The molecule has 0 bridgehead atoms. The highest BCUT2D eigenvalue weighted by Crippen LogP contribution is 2.38. The SMILES string of the molecule is COc1ccc(CN2CCOC[C@H]2C)c(Br)c1OC. The van der Waals surface area contributed by atoms with Gasteiger partial charge in [0.2, 0.25) is 0 Å². The summed E-state index contributed by atoms with van der Waals surface area (Å²) in [5.41, 5.74) is 1.20. The number of halogens is 1. The fourth-order valence-corrected chi connectivity index (χ4v) is 2.88. The lowest BCUT2D eigenvalue weighted by atomic mass is 10.1. The van der Waals surface area contributed by atoms with Gasteiger partial charge < -0.3 is 14.2 Å². The van der Waals surface area contributed by atoms with Crippen molar-refractivity contribution in [3.05, 3.63) is 22.2 Å². The number of rotatable bonds is 4. The standard InChI is InChI=1S/C14H20BrNO3/c1-10-9-19-7-6-16(10)8-11-4-5-12(17-2)14(18-3)13(11)15/h4-5,10H,6-9H2,1-3H3/t10-/m1/s1. The zero-order valence-corrected chi connectivity index (χ0v) is 13.2. The van der Waals surface area contributed by atoms with Crippen LogP contribution in [0.1, 0.15) is 12.5 Å². The monoisotopic (exact) mass is 329 g/mol. The highest BCUT2D eigenvalue weighted by Gasteiger charge is 2.21. The van der Waals surface area contributed by atoms with E-state index in [4.69, 9.17) is 14.2 Å². The predicted molar refractivity (Wildman–Crippen MR) is 77.9 cm³/mol. The second kappa shape index (κ2) is 6.59. The van der Waals surface area contributed by atoms with Crippen molar-refractivity contribution in [2.24, 2.45) is 0 Å². The van der Waals surface area contributed by atoms with Crippen molar-refractivity contribution in [1.82, 2.24) is 4.90 Å². The van der Waals surface area contributed by atoms with E-state index in [2.05, 4.69) is 33.8 Å². The van der Waals surface area contributed by atoms with Crippen molar-refractivity contribution in [2.75, 3.05) is 34.0 Å². The van der Waals surface area contributed by atoms with Crippen molar-refractivity contribution >= 4 is 15.9 Å². The molecule has 0 amide bonds. The quantitative estimate of drug-likeness (QED) is 0.849. The van der Waals surface area contributed by atoms with Gasteiger partial charge in [-0.1, -0.05) is 6.07 Å². The van der Waals surface area contributed by atoms with Gasteiger partial charge in [0.1, 0.15) is 0 Å². The van der Waals surface area contributed by atoms with E-state index in [9.17, 15) is 0 Å². The molecule has 1 fully saturated rings. The molecular formula is C14H20BrNO3. The maximum atomic E-state index is 5.46. The Hall–Kier alpha value is -0.780. The minimum absolute atomic E-state index is 0.439. The molecule has 106 valence electrons. The van der Waals surface area contributed by atoms with Crippen LogP contribution in [0, 0.1) is 0 Å². The Kier molecular flexibility index (Phi) is 5.07. The summed E-state index contributed by atoms with van der Waals surface area (Å²) in [6.07, 6.45) is 0. The van der Waals surface area contributed by atoms with Crippen molar-refractivity contribution in [3.8, 4) is 11.5 Å². The Balaban J connectivity index is 2.20. The molecule has 1 heterocycles. The lowest BCUT2D eigenvalue weighted by Gasteiger charge is -2.33. The first kappa shape index (κ1) is 14.6. The average Bonchev–Trinajstić information content (AvgIpc) is 2.43. The third kappa shape index (κ3) is 3.22. The zero-order valence-electron chi connectivity index (χ0n) is 11.6. The van der Waals surface area contributed by atoms with Gasteiger partial charge in [0, 0.05) is 19.1 Å². The summed E-state index contributed by atoms with van der Waals surface area (Å²) < 4.78 is 17.1. The van der Waals surface area contributed by atoms with Gasteiger partial charge in [-0.05, 0) is 34.5 Å². The average molecular weight is 330 g/mol. The van der Waals surface area contributed by atoms with Crippen molar-refractivity contribution < 1.29 is 14.2 Å². The Morgan fingerprint density at radius 3 is 2.79 bits per heavy atom. The Morgan fingerprint density at radius 2 is 2.16 bits per heavy atom. The smallest absolute Gasteiger partial charge is 0.175 e. The van der Waals surface area contributed by atoms with Crippen LogP contribution in [0.3, 0.4) is 0 Å². The summed E-state index contributed by atoms with van der Waals surface area (Å²) in [4.78, 5) is 2.41. The molecule has 0 radical (unpaired) electrons. The highest BCUT2D eigenvalue weighted by molar-refractivity contribution is 9.10. The second-order valence-corrected chi connectivity index (χ2v) is 5.46. The number of benzene rings is 1. The molecular weight excluding hydrogens is 310 g/mol. The van der Waals surface area contributed by atoms with E-state index >= 15 is 0 Å². The number of methoxy groups -OCH3 is 2. The van der Waals surface area contributed by atoms with Gasteiger partial charge in [-0.2, -0.15) is 0 Å². The minimum atomic E-state index is 0.439. The molecule has 0 spiro atoms. The molecule has 0 aliphatic carbocycles. The van der Waals surface area contributed by atoms with E-state index in [0.29, 0.717) is 6.04 Å². The van der Waals surface area contributed by atoms with Crippen molar-refractivity contribution in [3.63, 3.8) is 0 Å². The lowest BCUT2D eigenvalue weighted by Crippen LogP contribution is -2.42. The van der Waals surface area contributed by atoms with E-state index in [1.165, 1.54) is 5.56 Å². The second-order valence-electron chi connectivity index (χ2n) is 4.67. The van der Waals surface area contributed by atoms with Gasteiger partial charge in [-0.3, -0.25) is 4.90 Å². The van der Waals surface area contributed by atoms with E-state index in [-0.39, 0.29) is 0 Å². The van der Waals surface area contributed by atoms with Crippen LogP contribution in [-0.4, -0.2) is 44.9 Å². The number of hydrogen-bond acceptors (Lipinski definition) is 4. The Morgan fingerprint density at radius 1 is 1.37 bits per heavy atom. The summed E-state index contributed by atoms with van der Waals surface area (Å²) in [5, 5.41) is 0. The minimum Gasteiger partial charge on any atom is -0.493 e. The number of hydrogen-bond donors (Lipinski definition) is 0. The zero-order chi connectivity index (χ0) is 13.8. The van der Waals surface area contributed by atoms with E-state index in [0.717, 1.165) is 42.3 Å². The molecule has 19 heavy (non-hydrogen) atoms. The lowest BCUT2D eigenvalue weighted by molar-refractivity contribution is -0.00448. The number of nitrogens with zero attached hydrogens (tertiary/aromatic N) is 1. The summed E-state index contributed by atoms with van der Waals surface area (Å²) in [6, 6.07) is 4.46. The molecule has 0 aromatic heterocycles. The van der Waals surface area contributed by atoms with Gasteiger partial charge in [-0.15, -0.1) is 0 Å². The molecule has 2 rings (SSSR count).